The lowest BCUT2D eigenvalue weighted by Crippen LogP contribution is -1.77. The van der Waals surface area contributed by atoms with Crippen LogP contribution in [0.15, 0.2) is 24.7 Å². The third kappa shape index (κ3) is 1.47. The molecule has 0 amide bonds. The summed E-state index contributed by atoms with van der Waals surface area (Å²) in [5.74, 6) is 0. The summed E-state index contributed by atoms with van der Waals surface area (Å²) in [7, 11) is 0. The van der Waals surface area contributed by atoms with E-state index < -0.39 is 0 Å². The molecule has 0 bridgehead atoms. The molecule has 2 nitrogen and oxygen atoms in total. The van der Waals surface area contributed by atoms with Crippen molar-refractivity contribution < 1.29 is 0 Å². The predicted molar refractivity (Wildman–Crippen MR) is 52.2 cm³/mol. The van der Waals surface area contributed by atoms with E-state index in [1.807, 2.05) is 45.4 Å². The lowest BCUT2D eigenvalue weighted by atomic mass is 10.2. The number of hydrogen-bond acceptors (Lipinski definition) is 1. The summed E-state index contributed by atoms with van der Waals surface area (Å²) in [5.41, 5.74) is 1.08. The Balaban J connectivity index is 0.000000336. The van der Waals surface area contributed by atoms with Crippen LogP contribution in [0, 0.1) is 6.92 Å². The smallest absolute Gasteiger partial charge is 0.0466 e. The summed E-state index contributed by atoms with van der Waals surface area (Å²) in [6.07, 6.45) is 5.77. The highest BCUT2D eigenvalue weighted by atomic mass is 14.7. The average Bonchev–Trinajstić information content (AvgIpc) is 2.57. The first-order valence-electron chi connectivity index (χ1n) is 4.26. The van der Waals surface area contributed by atoms with Gasteiger partial charge in [-0.15, -0.1) is 0 Å². The molecule has 64 valence electrons. The number of aromatic nitrogens is 2. The Labute approximate surface area is 72.6 Å². The fourth-order valence-electron chi connectivity index (χ4n) is 1.13. The van der Waals surface area contributed by atoms with Gasteiger partial charge in [-0.2, -0.15) is 0 Å². The first-order chi connectivity index (χ1) is 5.88. The number of nitrogens with zero attached hydrogens (tertiary/aromatic N) is 1. The van der Waals surface area contributed by atoms with E-state index in [1.165, 1.54) is 10.8 Å². The van der Waals surface area contributed by atoms with Crippen LogP contribution in [-0.2, 0) is 0 Å². The lowest BCUT2D eigenvalue weighted by Gasteiger charge is -1.90. The Morgan fingerprint density at radius 2 is 2.00 bits per heavy atom. The average molecular weight is 162 g/mol. The molecule has 2 aromatic rings. The van der Waals surface area contributed by atoms with Crippen molar-refractivity contribution in [1.82, 2.24) is 9.97 Å². The van der Waals surface area contributed by atoms with Gasteiger partial charge in [-0.3, -0.25) is 4.98 Å². The summed E-state index contributed by atoms with van der Waals surface area (Å²) in [5, 5.41) is 2.44. The van der Waals surface area contributed by atoms with Gasteiger partial charge in [0.05, 0.1) is 0 Å². The molecule has 1 N–H and O–H groups in total. The van der Waals surface area contributed by atoms with Crippen molar-refractivity contribution in [3.63, 3.8) is 0 Å². The quantitative estimate of drug-likeness (QED) is 0.634. The van der Waals surface area contributed by atoms with Crippen molar-refractivity contribution in [3.8, 4) is 0 Å². The molecule has 0 unspecified atom stereocenters. The van der Waals surface area contributed by atoms with E-state index in [1.54, 1.807) is 0 Å². The summed E-state index contributed by atoms with van der Waals surface area (Å²) >= 11 is 0. The highest BCUT2D eigenvalue weighted by molar-refractivity contribution is 5.83. The molecule has 12 heavy (non-hydrogen) atoms. The molecular weight excluding hydrogens is 148 g/mol. The molecule has 0 aliphatic rings. The van der Waals surface area contributed by atoms with E-state index in [-0.39, 0.29) is 0 Å². The maximum atomic E-state index is 4.16. The maximum Gasteiger partial charge on any atom is 0.0466 e. The zero-order valence-corrected chi connectivity index (χ0v) is 7.76. The molecule has 0 aliphatic carbocycles. The summed E-state index contributed by atoms with van der Waals surface area (Å²) in [4.78, 5) is 7.20. The van der Waals surface area contributed by atoms with Crippen molar-refractivity contribution in [3.05, 3.63) is 30.4 Å². The van der Waals surface area contributed by atoms with Crippen molar-refractivity contribution in [2.45, 2.75) is 20.8 Å². The van der Waals surface area contributed by atoms with Crippen molar-refractivity contribution >= 4 is 10.8 Å². The van der Waals surface area contributed by atoms with Gasteiger partial charge in [0, 0.05) is 35.1 Å². The van der Waals surface area contributed by atoms with Gasteiger partial charge in [0.1, 0.15) is 0 Å². The Hall–Kier alpha value is -1.31. The van der Waals surface area contributed by atoms with E-state index in [0.717, 1.165) is 5.69 Å². The number of aryl methyl sites for hydroxylation is 1. The molecule has 2 rings (SSSR count). The first kappa shape index (κ1) is 8.78. The summed E-state index contributed by atoms with van der Waals surface area (Å²) in [6, 6.07) is 2.00. The first-order valence-corrected chi connectivity index (χ1v) is 4.26. The molecule has 2 aromatic heterocycles. The Bertz CT molecular complexity index is 349. The van der Waals surface area contributed by atoms with Crippen LogP contribution in [0.4, 0.5) is 0 Å². The summed E-state index contributed by atoms with van der Waals surface area (Å²) < 4.78 is 0. The van der Waals surface area contributed by atoms with E-state index in [9.17, 15) is 0 Å². The molecule has 0 radical (unpaired) electrons. The van der Waals surface area contributed by atoms with E-state index >= 15 is 0 Å². The fourth-order valence-corrected chi connectivity index (χ4v) is 1.13. The van der Waals surface area contributed by atoms with Crippen LogP contribution in [0.3, 0.4) is 0 Å². The van der Waals surface area contributed by atoms with Crippen LogP contribution in [0.1, 0.15) is 19.5 Å². The van der Waals surface area contributed by atoms with Crippen LogP contribution in [0.5, 0.6) is 0 Å². The SMILES string of the molecule is CC.Cc1nccc2c[nH]cc12. The largest absolute Gasteiger partial charge is 0.366 e. The van der Waals surface area contributed by atoms with E-state index in [0.29, 0.717) is 0 Å². The Morgan fingerprint density at radius 1 is 1.25 bits per heavy atom. The number of aromatic amines is 1. The van der Waals surface area contributed by atoms with Gasteiger partial charge in [0.15, 0.2) is 0 Å². The number of nitrogens with one attached hydrogen (secondary N) is 1. The second-order valence-electron chi connectivity index (χ2n) is 2.35. The Morgan fingerprint density at radius 3 is 2.67 bits per heavy atom. The molecule has 0 saturated heterocycles. The van der Waals surface area contributed by atoms with E-state index in [2.05, 4.69) is 9.97 Å². The minimum absolute atomic E-state index is 1.08. The lowest BCUT2D eigenvalue weighted by molar-refractivity contribution is 1.24. The minimum atomic E-state index is 1.08. The van der Waals surface area contributed by atoms with Crippen molar-refractivity contribution in [1.29, 1.82) is 0 Å². The second kappa shape index (κ2) is 3.90. The minimum Gasteiger partial charge on any atom is -0.366 e. The van der Waals surface area contributed by atoms with Gasteiger partial charge >= 0.3 is 0 Å². The molecule has 0 spiro atoms. The third-order valence-electron chi connectivity index (χ3n) is 1.69. The molecule has 0 aliphatic heterocycles. The maximum absolute atomic E-state index is 4.16. The number of pyridine rings is 1. The van der Waals surface area contributed by atoms with Crippen LogP contribution in [-0.4, -0.2) is 9.97 Å². The standard InChI is InChI=1S/C8H8N2.C2H6/c1-6-8-5-9-4-7(8)2-3-10-6;1-2/h2-5,9H,1H3;1-2H3. The van der Waals surface area contributed by atoms with Crippen LogP contribution >= 0.6 is 0 Å². The third-order valence-corrected chi connectivity index (χ3v) is 1.69. The highest BCUT2D eigenvalue weighted by Crippen LogP contribution is 2.13. The van der Waals surface area contributed by atoms with Crippen LogP contribution < -0.4 is 0 Å². The van der Waals surface area contributed by atoms with Crippen LogP contribution in [0.25, 0.3) is 10.8 Å². The monoisotopic (exact) mass is 162 g/mol. The second-order valence-corrected chi connectivity index (χ2v) is 2.35. The van der Waals surface area contributed by atoms with Crippen LogP contribution in [0.2, 0.25) is 0 Å². The molecule has 0 aromatic carbocycles. The van der Waals surface area contributed by atoms with Gasteiger partial charge in [0.25, 0.3) is 0 Å². The topological polar surface area (TPSA) is 28.7 Å². The predicted octanol–water partition coefficient (Wildman–Crippen LogP) is 2.90. The van der Waals surface area contributed by atoms with Gasteiger partial charge in [0.2, 0.25) is 0 Å². The highest BCUT2D eigenvalue weighted by Gasteiger charge is 1.95. The van der Waals surface area contributed by atoms with Gasteiger partial charge in [-0.25, -0.2) is 0 Å². The zero-order valence-electron chi connectivity index (χ0n) is 7.76. The number of hydrogen-bond donors (Lipinski definition) is 1. The normalized spacial score (nSPS) is 9.25. The molecule has 0 fully saturated rings. The zero-order chi connectivity index (χ0) is 8.97. The number of rotatable bonds is 0. The molecule has 0 saturated carbocycles. The molecule has 2 heteroatoms. The van der Waals surface area contributed by atoms with Gasteiger partial charge in [-0.1, -0.05) is 13.8 Å². The number of H-pyrrole nitrogens is 1. The van der Waals surface area contributed by atoms with Gasteiger partial charge in [-0.05, 0) is 13.0 Å². The van der Waals surface area contributed by atoms with Gasteiger partial charge < -0.3 is 4.98 Å². The van der Waals surface area contributed by atoms with Crippen molar-refractivity contribution in [2.24, 2.45) is 0 Å². The fraction of sp³-hybridized carbons (Fsp3) is 0.300. The van der Waals surface area contributed by atoms with E-state index in [4.69, 9.17) is 0 Å². The Kier molecular flexibility index (Phi) is 2.86. The number of fused-ring (bicyclic) bond motifs is 1. The molecule has 2 heterocycles. The van der Waals surface area contributed by atoms with Crippen molar-refractivity contribution in [2.75, 3.05) is 0 Å². The molecule has 0 atom stereocenters. The molecular formula is C10H14N2. The summed E-state index contributed by atoms with van der Waals surface area (Å²) in [6.45, 7) is 6.01.